The quantitative estimate of drug-likeness (QED) is 0.763. The fraction of sp³-hybridized carbons (Fsp3) is 0.632. The van der Waals surface area contributed by atoms with Crippen LogP contribution in [0.3, 0.4) is 0 Å². The predicted octanol–water partition coefficient (Wildman–Crippen LogP) is 1.54. The maximum absolute atomic E-state index is 13.5. The van der Waals surface area contributed by atoms with Gasteiger partial charge in [-0.1, -0.05) is 24.3 Å². The SMILES string of the molecule is Cl.O=C(C1NNC2CCNCC21)N(C1CC1)C1CCc2ccccc21. The number of carbonyl (C=O) groups excluding carboxylic acids is 1. The molecular formula is C19H27ClN4O. The molecule has 1 amide bonds. The van der Waals surface area contributed by atoms with Crippen molar-refractivity contribution in [3.8, 4) is 0 Å². The second-order valence-electron chi connectivity index (χ2n) is 7.76. The second-order valence-corrected chi connectivity index (χ2v) is 7.76. The first-order chi connectivity index (χ1) is 11.8. The van der Waals surface area contributed by atoms with E-state index in [1.807, 2.05) is 0 Å². The summed E-state index contributed by atoms with van der Waals surface area (Å²) in [5.74, 6) is 0.673. The summed E-state index contributed by atoms with van der Waals surface area (Å²) in [6, 6.07) is 9.74. The van der Waals surface area contributed by atoms with E-state index in [4.69, 9.17) is 0 Å². The Balaban J connectivity index is 0.00000157. The lowest BCUT2D eigenvalue weighted by Gasteiger charge is -2.35. The van der Waals surface area contributed by atoms with Crippen molar-refractivity contribution >= 4 is 18.3 Å². The number of fused-ring (bicyclic) bond motifs is 2. The third kappa shape index (κ3) is 2.97. The van der Waals surface area contributed by atoms with Crippen LogP contribution in [0.4, 0.5) is 0 Å². The van der Waals surface area contributed by atoms with Crippen LogP contribution in [0.5, 0.6) is 0 Å². The van der Waals surface area contributed by atoms with Gasteiger partial charge in [0, 0.05) is 24.5 Å². The van der Waals surface area contributed by atoms with E-state index in [2.05, 4.69) is 45.3 Å². The Morgan fingerprint density at radius 1 is 1.08 bits per heavy atom. The minimum absolute atomic E-state index is 0. The summed E-state index contributed by atoms with van der Waals surface area (Å²) in [4.78, 5) is 15.7. The number of rotatable bonds is 3. The topological polar surface area (TPSA) is 56.4 Å². The van der Waals surface area contributed by atoms with Gasteiger partial charge in [0.1, 0.15) is 6.04 Å². The maximum Gasteiger partial charge on any atom is 0.242 e. The lowest BCUT2D eigenvalue weighted by atomic mass is 9.88. The van der Waals surface area contributed by atoms with Crippen molar-refractivity contribution in [2.75, 3.05) is 13.1 Å². The van der Waals surface area contributed by atoms with Crippen molar-refractivity contribution in [3.05, 3.63) is 35.4 Å². The fourth-order valence-electron chi connectivity index (χ4n) is 4.89. The monoisotopic (exact) mass is 362 g/mol. The van der Waals surface area contributed by atoms with Crippen molar-refractivity contribution in [3.63, 3.8) is 0 Å². The smallest absolute Gasteiger partial charge is 0.242 e. The highest BCUT2D eigenvalue weighted by Crippen LogP contribution is 2.42. The Morgan fingerprint density at radius 2 is 1.92 bits per heavy atom. The standard InChI is InChI=1S/C19H26N4O.ClH/c24-19(18-15-11-20-10-9-16(15)21-22-18)23(13-6-7-13)17-8-5-12-3-1-2-4-14(12)17;/h1-4,13,15-18,20-22H,5-11H2;1H. The van der Waals surface area contributed by atoms with Crippen LogP contribution in [0.2, 0.25) is 0 Å². The summed E-state index contributed by atoms with van der Waals surface area (Å²) in [5, 5.41) is 3.46. The van der Waals surface area contributed by atoms with E-state index in [0.29, 0.717) is 23.9 Å². The van der Waals surface area contributed by atoms with Gasteiger partial charge in [0.25, 0.3) is 0 Å². The van der Waals surface area contributed by atoms with Crippen LogP contribution >= 0.6 is 12.4 Å². The van der Waals surface area contributed by atoms with Gasteiger partial charge >= 0.3 is 0 Å². The highest BCUT2D eigenvalue weighted by atomic mass is 35.5. The molecule has 2 aliphatic carbocycles. The number of hydrazine groups is 1. The first-order valence-corrected chi connectivity index (χ1v) is 9.44. The zero-order chi connectivity index (χ0) is 16.1. The number of aryl methyl sites for hydroxylation is 1. The van der Waals surface area contributed by atoms with Gasteiger partial charge in [-0.25, -0.2) is 5.43 Å². The molecule has 25 heavy (non-hydrogen) atoms. The predicted molar refractivity (Wildman–Crippen MR) is 99.4 cm³/mol. The number of amides is 1. The van der Waals surface area contributed by atoms with Gasteiger partial charge in [0.05, 0.1) is 6.04 Å². The molecule has 0 bridgehead atoms. The number of nitrogens with zero attached hydrogens (tertiary/aromatic N) is 1. The third-order valence-corrected chi connectivity index (χ3v) is 6.28. The van der Waals surface area contributed by atoms with Crippen molar-refractivity contribution in [2.45, 2.75) is 56.3 Å². The molecule has 1 aromatic carbocycles. The number of nitrogens with one attached hydrogen (secondary N) is 3. The Labute approximate surface area is 155 Å². The highest BCUT2D eigenvalue weighted by molar-refractivity contribution is 5.85. The summed E-state index contributed by atoms with van der Waals surface area (Å²) < 4.78 is 0. The molecule has 6 heteroatoms. The van der Waals surface area contributed by atoms with E-state index in [-0.39, 0.29) is 24.5 Å². The molecule has 2 saturated heterocycles. The van der Waals surface area contributed by atoms with Gasteiger partial charge in [-0.2, -0.15) is 0 Å². The minimum Gasteiger partial charge on any atom is -0.331 e. The molecule has 4 aliphatic rings. The normalized spacial score (nSPS) is 33.3. The van der Waals surface area contributed by atoms with Crippen molar-refractivity contribution in [2.24, 2.45) is 5.92 Å². The van der Waals surface area contributed by atoms with E-state index in [1.165, 1.54) is 11.1 Å². The molecule has 0 spiro atoms. The van der Waals surface area contributed by atoms with Gasteiger partial charge in [-0.3, -0.25) is 10.2 Å². The Morgan fingerprint density at radius 3 is 2.76 bits per heavy atom. The van der Waals surface area contributed by atoms with Crippen LogP contribution in [0.25, 0.3) is 0 Å². The molecule has 1 aromatic rings. The van der Waals surface area contributed by atoms with Gasteiger partial charge in [-0.15, -0.1) is 12.4 Å². The van der Waals surface area contributed by atoms with Crippen LogP contribution in [0.1, 0.15) is 42.9 Å². The van der Waals surface area contributed by atoms with Crippen molar-refractivity contribution in [1.82, 2.24) is 21.1 Å². The van der Waals surface area contributed by atoms with E-state index in [1.54, 1.807) is 0 Å². The van der Waals surface area contributed by atoms with Crippen LogP contribution in [-0.2, 0) is 11.2 Å². The molecule has 136 valence electrons. The summed E-state index contributed by atoms with van der Waals surface area (Å²) in [6.45, 7) is 1.97. The largest absolute Gasteiger partial charge is 0.331 e. The van der Waals surface area contributed by atoms with E-state index < -0.39 is 0 Å². The van der Waals surface area contributed by atoms with Gasteiger partial charge in [0.2, 0.25) is 5.91 Å². The maximum atomic E-state index is 13.5. The minimum atomic E-state index is -0.0869. The first kappa shape index (κ1) is 17.3. The average Bonchev–Trinajstić information content (AvgIpc) is 3.21. The Bertz CT molecular complexity index is 650. The van der Waals surface area contributed by atoms with Gasteiger partial charge in [-0.05, 0) is 49.8 Å². The number of hydrogen-bond donors (Lipinski definition) is 3. The van der Waals surface area contributed by atoms with Gasteiger partial charge < -0.3 is 10.2 Å². The number of hydrogen-bond acceptors (Lipinski definition) is 4. The van der Waals surface area contributed by atoms with E-state index >= 15 is 0 Å². The molecule has 0 radical (unpaired) electrons. The summed E-state index contributed by atoms with van der Waals surface area (Å²) in [7, 11) is 0. The molecule has 2 heterocycles. The summed E-state index contributed by atoms with van der Waals surface area (Å²) in [6.07, 6.45) is 5.60. The highest BCUT2D eigenvalue weighted by Gasteiger charge is 2.48. The van der Waals surface area contributed by atoms with Crippen LogP contribution in [0.15, 0.2) is 24.3 Å². The summed E-state index contributed by atoms with van der Waals surface area (Å²) >= 11 is 0. The number of carbonyl (C=O) groups is 1. The molecule has 0 aromatic heterocycles. The molecule has 3 fully saturated rings. The van der Waals surface area contributed by atoms with Crippen LogP contribution < -0.4 is 16.2 Å². The molecule has 1 saturated carbocycles. The number of piperidine rings is 1. The fourth-order valence-corrected chi connectivity index (χ4v) is 4.89. The van der Waals surface area contributed by atoms with Crippen LogP contribution in [-0.4, -0.2) is 42.0 Å². The van der Waals surface area contributed by atoms with E-state index in [0.717, 1.165) is 45.2 Å². The molecule has 2 aliphatic heterocycles. The Hall–Kier alpha value is -1.14. The van der Waals surface area contributed by atoms with Crippen molar-refractivity contribution in [1.29, 1.82) is 0 Å². The Kier molecular flexibility index (Phi) is 4.75. The lowest BCUT2D eigenvalue weighted by Crippen LogP contribution is -2.52. The number of halogens is 1. The summed E-state index contributed by atoms with van der Waals surface area (Å²) in [5.41, 5.74) is 9.51. The average molecular weight is 363 g/mol. The van der Waals surface area contributed by atoms with E-state index in [9.17, 15) is 4.79 Å². The third-order valence-electron chi connectivity index (χ3n) is 6.28. The second kappa shape index (κ2) is 6.88. The molecule has 5 rings (SSSR count). The molecule has 3 N–H and O–H groups in total. The zero-order valence-electron chi connectivity index (χ0n) is 14.4. The molecule has 4 atom stereocenters. The van der Waals surface area contributed by atoms with Crippen LogP contribution in [0, 0.1) is 5.92 Å². The number of benzene rings is 1. The lowest BCUT2D eigenvalue weighted by molar-refractivity contribution is -0.137. The molecule has 4 unspecified atom stereocenters. The molecule has 5 nitrogen and oxygen atoms in total. The van der Waals surface area contributed by atoms with Crippen molar-refractivity contribution < 1.29 is 4.79 Å². The van der Waals surface area contributed by atoms with Gasteiger partial charge in [0.15, 0.2) is 0 Å². The first-order valence-electron chi connectivity index (χ1n) is 9.44. The molecular weight excluding hydrogens is 336 g/mol. The zero-order valence-corrected chi connectivity index (χ0v) is 15.2.